The SMILES string of the molecule is CC(C)(C)OC(=O)NN=C[C@@H](CCc1ccccc1)OC(=O)c1ccc(-c2ccccn2)cc1. The molecule has 1 aromatic heterocycles. The van der Waals surface area contributed by atoms with Crippen molar-refractivity contribution in [3.8, 4) is 11.3 Å². The largest absolute Gasteiger partial charge is 0.453 e. The van der Waals surface area contributed by atoms with Gasteiger partial charge in [-0.15, -0.1) is 0 Å². The number of carbonyl (C=O) groups excluding carboxylic acids is 2. The smallest absolute Gasteiger partial charge is 0.428 e. The summed E-state index contributed by atoms with van der Waals surface area (Å²) < 4.78 is 10.9. The van der Waals surface area contributed by atoms with Crippen LogP contribution in [0.15, 0.2) is 84.1 Å². The Balaban J connectivity index is 1.66. The molecular formula is C27H29N3O4. The van der Waals surface area contributed by atoms with E-state index in [4.69, 9.17) is 9.47 Å². The molecule has 0 aliphatic rings. The number of pyridine rings is 1. The van der Waals surface area contributed by atoms with E-state index in [1.54, 1.807) is 39.1 Å². The standard InChI is InChI=1S/C27H29N3O4/c1-27(2,3)34-26(32)30-29-19-23(17-12-20-9-5-4-6-10-20)33-25(31)22-15-13-21(14-16-22)24-11-7-8-18-28-24/h4-11,13-16,18-19,23H,12,17H2,1-3H3,(H,30,32)/t23-/m1/s1. The van der Waals surface area contributed by atoms with Gasteiger partial charge in [-0.3, -0.25) is 4.98 Å². The van der Waals surface area contributed by atoms with Crippen LogP contribution in [0, 0.1) is 0 Å². The van der Waals surface area contributed by atoms with Crippen molar-refractivity contribution in [2.24, 2.45) is 5.10 Å². The summed E-state index contributed by atoms with van der Waals surface area (Å²) in [7, 11) is 0. The highest BCUT2D eigenvalue weighted by atomic mass is 16.6. The van der Waals surface area contributed by atoms with Crippen molar-refractivity contribution in [2.75, 3.05) is 0 Å². The molecule has 1 amide bonds. The van der Waals surface area contributed by atoms with Crippen LogP contribution in [0.2, 0.25) is 0 Å². The Hall–Kier alpha value is -4.00. The van der Waals surface area contributed by atoms with Crippen LogP contribution in [-0.2, 0) is 15.9 Å². The third kappa shape index (κ3) is 8.16. The number of aryl methyl sites for hydroxylation is 1. The van der Waals surface area contributed by atoms with Gasteiger partial charge in [0.05, 0.1) is 17.5 Å². The first-order valence-electron chi connectivity index (χ1n) is 11.1. The molecule has 2 aromatic carbocycles. The molecular weight excluding hydrogens is 430 g/mol. The third-order valence-electron chi connectivity index (χ3n) is 4.70. The van der Waals surface area contributed by atoms with Crippen LogP contribution in [-0.4, -0.2) is 35.0 Å². The molecule has 176 valence electrons. The van der Waals surface area contributed by atoms with E-state index >= 15 is 0 Å². The van der Waals surface area contributed by atoms with Crippen molar-refractivity contribution >= 4 is 18.3 Å². The fourth-order valence-corrected chi connectivity index (χ4v) is 3.11. The maximum atomic E-state index is 12.8. The number of nitrogens with one attached hydrogen (secondary N) is 1. The zero-order valence-corrected chi connectivity index (χ0v) is 19.6. The Morgan fingerprint density at radius 3 is 2.35 bits per heavy atom. The number of hydrazone groups is 1. The Kier molecular flexibility index (Phi) is 8.51. The van der Waals surface area contributed by atoms with Crippen molar-refractivity contribution in [2.45, 2.75) is 45.3 Å². The molecule has 0 saturated carbocycles. The van der Waals surface area contributed by atoms with E-state index in [-0.39, 0.29) is 0 Å². The normalized spacial score (nSPS) is 12.2. The van der Waals surface area contributed by atoms with Gasteiger partial charge in [-0.1, -0.05) is 48.5 Å². The molecule has 0 aliphatic carbocycles. The van der Waals surface area contributed by atoms with Crippen LogP contribution in [0.25, 0.3) is 11.3 Å². The number of hydrogen-bond donors (Lipinski definition) is 1. The minimum atomic E-state index is -0.679. The second-order valence-electron chi connectivity index (χ2n) is 8.65. The van der Waals surface area contributed by atoms with E-state index in [1.165, 1.54) is 6.21 Å². The lowest BCUT2D eigenvalue weighted by Crippen LogP contribution is -2.30. The highest BCUT2D eigenvalue weighted by Crippen LogP contribution is 2.18. The Bertz CT molecular complexity index is 1090. The van der Waals surface area contributed by atoms with Crippen LogP contribution in [0.4, 0.5) is 4.79 Å². The topological polar surface area (TPSA) is 89.9 Å². The average Bonchev–Trinajstić information content (AvgIpc) is 2.82. The monoisotopic (exact) mass is 459 g/mol. The molecule has 7 nitrogen and oxygen atoms in total. The number of ether oxygens (including phenoxy) is 2. The molecule has 1 N–H and O–H groups in total. The van der Waals surface area contributed by atoms with Gasteiger partial charge in [-0.05, 0) is 63.4 Å². The lowest BCUT2D eigenvalue weighted by Gasteiger charge is -2.18. The average molecular weight is 460 g/mol. The molecule has 0 radical (unpaired) electrons. The summed E-state index contributed by atoms with van der Waals surface area (Å²) in [6, 6.07) is 22.6. The summed E-state index contributed by atoms with van der Waals surface area (Å²) in [6.45, 7) is 5.29. The maximum Gasteiger partial charge on any atom is 0.428 e. The predicted molar refractivity (Wildman–Crippen MR) is 132 cm³/mol. The molecule has 0 saturated heterocycles. The highest BCUT2D eigenvalue weighted by Gasteiger charge is 2.17. The van der Waals surface area contributed by atoms with Gasteiger partial charge in [0.2, 0.25) is 0 Å². The number of esters is 1. The molecule has 1 atom stereocenters. The molecule has 0 fully saturated rings. The fourth-order valence-electron chi connectivity index (χ4n) is 3.11. The molecule has 3 aromatic rings. The molecule has 0 spiro atoms. The number of carbonyl (C=O) groups is 2. The Morgan fingerprint density at radius 1 is 1.00 bits per heavy atom. The van der Waals surface area contributed by atoms with E-state index in [0.29, 0.717) is 18.4 Å². The first kappa shape index (κ1) is 24.6. The van der Waals surface area contributed by atoms with Crippen LogP contribution in [0.1, 0.15) is 43.1 Å². The van der Waals surface area contributed by atoms with Crippen molar-refractivity contribution in [3.63, 3.8) is 0 Å². The number of rotatable bonds is 8. The van der Waals surface area contributed by atoms with Gasteiger partial charge in [0.15, 0.2) is 0 Å². The van der Waals surface area contributed by atoms with E-state index in [2.05, 4.69) is 15.5 Å². The zero-order valence-electron chi connectivity index (χ0n) is 19.6. The van der Waals surface area contributed by atoms with Gasteiger partial charge < -0.3 is 9.47 Å². The van der Waals surface area contributed by atoms with Crippen LogP contribution < -0.4 is 5.43 Å². The van der Waals surface area contributed by atoms with Gasteiger partial charge in [0.1, 0.15) is 11.7 Å². The summed E-state index contributed by atoms with van der Waals surface area (Å²) >= 11 is 0. The molecule has 0 bridgehead atoms. The van der Waals surface area contributed by atoms with Gasteiger partial charge >= 0.3 is 12.1 Å². The van der Waals surface area contributed by atoms with Crippen LogP contribution in [0.5, 0.6) is 0 Å². The van der Waals surface area contributed by atoms with Crippen LogP contribution >= 0.6 is 0 Å². The molecule has 1 heterocycles. The number of aromatic nitrogens is 1. The minimum Gasteiger partial charge on any atom is -0.453 e. The predicted octanol–water partition coefficient (Wildman–Crippen LogP) is 5.42. The van der Waals surface area contributed by atoms with Crippen molar-refractivity contribution in [1.29, 1.82) is 0 Å². The van der Waals surface area contributed by atoms with E-state index in [1.807, 2.05) is 60.7 Å². The Labute approximate surface area is 199 Å². The summed E-state index contributed by atoms with van der Waals surface area (Å²) in [5.74, 6) is -0.477. The quantitative estimate of drug-likeness (QED) is 0.276. The summed E-state index contributed by atoms with van der Waals surface area (Å²) in [6.07, 6.45) is 2.99. The minimum absolute atomic E-state index is 0.415. The Morgan fingerprint density at radius 2 is 1.71 bits per heavy atom. The zero-order chi connectivity index (χ0) is 24.4. The molecule has 0 aliphatic heterocycles. The van der Waals surface area contributed by atoms with Crippen molar-refractivity contribution in [1.82, 2.24) is 10.4 Å². The first-order chi connectivity index (χ1) is 16.3. The second-order valence-corrected chi connectivity index (χ2v) is 8.65. The maximum absolute atomic E-state index is 12.8. The first-order valence-corrected chi connectivity index (χ1v) is 11.1. The van der Waals surface area contributed by atoms with Gasteiger partial charge in [-0.2, -0.15) is 5.10 Å². The summed E-state index contributed by atoms with van der Waals surface area (Å²) in [4.78, 5) is 29.0. The molecule has 34 heavy (non-hydrogen) atoms. The fraction of sp³-hybridized carbons (Fsp3) is 0.259. The molecule has 3 rings (SSSR count). The second kappa shape index (κ2) is 11.7. The van der Waals surface area contributed by atoms with Crippen molar-refractivity contribution in [3.05, 3.63) is 90.1 Å². The number of hydrogen-bond acceptors (Lipinski definition) is 6. The summed E-state index contributed by atoms with van der Waals surface area (Å²) in [5.41, 5.74) is 4.93. The van der Waals surface area contributed by atoms with Gasteiger partial charge in [0, 0.05) is 11.8 Å². The van der Waals surface area contributed by atoms with E-state index in [9.17, 15) is 9.59 Å². The number of nitrogens with zero attached hydrogens (tertiary/aromatic N) is 2. The van der Waals surface area contributed by atoms with Crippen molar-refractivity contribution < 1.29 is 19.1 Å². The van der Waals surface area contributed by atoms with E-state index < -0.39 is 23.8 Å². The number of benzene rings is 2. The van der Waals surface area contributed by atoms with Gasteiger partial charge in [0.25, 0.3) is 0 Å². The lowest BCUT2D eigenvalue weighted by molar-refractivity contribution is 0.0420. The number of amides is 1. The van der Waals surface area contributed by atoms with Gasteiger partial charge in [-0.25, -0.2) is 15.0 Å². The van der Waals surface area contributed by atoms with Crippen LogP contribution in [0.3, 0.4) is 0 Å². The molecule has 7 heteroatoms. The highest BCUT2D eigenvalue weighted by molar-refractivity contribution is 5.91. The van der Waals surface area contributed by atoms with E-state index in [0.717, 1.165) is 16.8 Å². The lowest BCUT2D eigenvalue weighted by atomic mass is 10.1. The summed E-state index contributed by atoms with van der Waals surface area (Å²) in [5, 5.41) is 3.93. The molecule has 0 unspecified atom stereocenters. The third-order valence-corrected chi connectivity index (χ3v) is 4.70.